The largest absolute Gasteiger partial charge is 0.476 e. The van der Waals surface area contributed by atoms with Crippen LogP contribution < -0.4 is 0 Å². The van der Waals surface area contributed by atoms with E-state index in [1.165, 1.54) is 34.2 Å². The van der Waals surface area contributed by atoms with Gasteiger partial charge in [0.25, 0.3) is 0 Å². The second kappa shape index (κ2) is 8.01. The van der Waals surface area contributed by atoms with Crippen LogP contribution >= 0.6 is 23.1 Å². The van der Waals surface area contributed by atoms with Crippen LogP contribution in [0.5, 0.6) is 0 Å². The summed E-state index contributed by atoms with van der Waals surface area (Å²) in [7, 11) is 0. The number of hydrogen-bond donors (Lipinski definition) is 1. The maximum atomic E-state index is 12.2. The fraction of sp³-hybridized carbons (Fsp3) is 0.389. The van der Waals surface area contributed by atoms with E-state index in [2.05, 4.69) is 36.2 Å². The second-order valence-corrected chi connectivity index (χ2v) is 8.09. The lowest BCUT2D eigenvalue weighted by atomic mass is 10.0. The van der Waals surface area contributed by atoms with Crippen LogP contribution in [0.4, 0.5) is 0 Å². The predicted molar refractivity (Wildman–Crippen MR) is 99.3 cm³/mol. The average Bonchev–Trinajstić information content (AvgIpc) is 3.23. The van der Waals surface area contributed by atoms with E-state index in [0.717, 1.165) is 17.2 Å². The quantitative estimate of drug-likeness (QED) is 0.743. The standard InChI is InChI=1S/C18H20N2O3S2/c1-2-12-3-5-13(6-4-12)15-7-8-16(21)20(15)9-10-24-18-19-14(11-25-18)17(22)23/h3-6,11,15H,2,7-10H2,1H3,(H,22,23). The number of aryl methyl sites for hydroxylation is 1. The van der Waals surface area contributed by atoms with Crippen LogP contribution in [-0.2, 0) is 11.2 Å². The van der Waals surface area contributed by atoms with Gasteiger partial charge in [-0.05, 0) is 24.0 Å². The Morgan fingerprint density at radius 2 is 2.16 bits per heavy atom. The van der Waals surface area contributed by atoms with Crippen molar-refractivity contribution in [1.82, 2.24) is 9.88 Å². The van der Waals surface area contributed by atoms with E-state index in [0.29, 0.717) is 18.7 Å². The number of carboxylic acids is 1. The zero-order valence-corrected chi connectivity index (χ0v) is 15.6. The zero-order valence-electron chi connectivity index (χ0n) is 14.0. The average molecular weight is 377 g/mol. The number of nitrogens with zero attached hydrogens (tertiary/aromatic N) is 2. The van der Waals surface area contributed by atoms with Gasteiger partial charge in [-0.3, -0.25) is 4.79 Å². The number of carboxylic acid groups (broad SMARTS) is 1. The van der Waals surface area contributed by atoms with E-state index in [1.54, 1.807) is 5.38 Å². The summed E-state index contributed by atoms with van der Waals surface area (Å²) in [6, 6.07) is 8.66. The molecular weight excluding hydrogens is 356 g/mol. The first-order valence-corrected chi connectivity index (χ1v) is 10.1. The lowest BCUT2D eigenvalue weighted by molar-refractivity contribution is -0.128. The number of rotatable bonds is 7. The van der Waals surface area contributed by atoms with E-state index in [4.69, 9.17) is 5.11 Å². The highest BCUT2D eigenvalue weighted by molar-refractivity contribution is 8.01. The molecule has 1 N–H and O–H groups in total. The van der Waals surface area contributed by atoms with Crippen LogP contribution in [0, 0.1) is 0 Å². The highest BCUT2D eigenvalue weighted by atomic mass is 32.2. The van der Waals surface area contributed by atoms with Crippen molar-refractivity contribution in [2.45, 2.75) is 36.6 Å². The molecule has 1 saturated heterocycles. The zero-order chi connectivity index (χ0) is 17.8. The van der Waals surface area contributed by atoms with Gasteiger partial charge in [0.05, 0.1) is 6.04 Å². The molecule has 1 aromatic heterocycles. The van der Waals surface area contributed by atoms with Crippen LogP contribution in [0.25, 0.3) is 0 Å². The Kier molecular flexibility index (Phi) is 5.75. The predicted octanol–water partition coefficient (Wildman–Crippen LogP) is 3.86. The van der Waals surface area contributed by atoms with Crippen molar-refractivity contribution < 1.29 is 14.7 Å². The Morgan fingerprint density at radius 3 is 2.80 bits per heavy atom. The van der Waals surface area contributed by atoms with E-state index in [1.807, 2.05) is 4.90 Å². The minimum absolute atomic E-state index is 0.0821. The molecule has 1 unspecified atom stereocenters. The Hall–Kier alpha value is -1.86. The second-order valence-electron chi connectivity index (χ2n) is 5.89. The van der Waals surface area contributed by atoms with Crippen molar-refractivity contribution in [2.24, 2.45) is 0 Å². The molecule has 1 aliphatic heterocycles. The molecule has 2 aromatic rings. The number of thiazole rings is 1. The van der Waals surface area contributed by atoms with Crippen LogP contribution in [0.15, 0.2) is 34.0 Å². The van der Waals surface area contributed by atoms with Gasteiger partial charge in [-0.1, -0.05) is 43.0 Å². The van der Waals surface area contributed by atoms with E-state index in [9.17, 15) is 9.59 Å². The minimum atomic E-state index is -1.01. The summed E-state index contributed by atoms with van der Waals surface area (Å²) in [4.78, 5) is 29.1. The highest BCUT2D eigenvalue weighted by Crippen LogP contribution is 2.33. The van der Waals surface area contributed by atoms with Crippen LogP contribution in [0.3, 0.4) is 0 Å². The number of carbonyl (C=O) groups excluding carboxylic acids is 1. The lowest BCUT2D eigenvalue weighted by Crippen LogP contribution is -2.29. The molecule has 0 saturated carbocycles. The monoisotopic (exact) mass is 376 g/mol. The Balaban J connectivity index is 1.60. The third-order valence-electron chi connectivity index (χ3n) is 4.36. The summed E-state index contributed by atoms with van der Waals surface area (Å²) < 4.78 is 0.730. The third kappa shape index (κ3) is 4.22. The van der Waals surface area contributed by atoms with Crippen molar-refractivity contribution in [3.63, 3.8) is 0 Å². The number of aromatic nitrogens is 1. The Labute approximate surface area is 155 Å². The summed E-state index contributed by atoms with van der Waals surface area (Å²) in [6.07, 6.45) is 2.46. The van der Waals surface area contributed by atoms with E-state index >= 15 is 0 Å². The Morgan fingerprint density at radius 1 is 1.40 bits per heavy atom. The molecule has 7 heteroatoms. The molecule has 5 nitrogen and oxygen atoms in total. The fourth-order valence-corrected chi connectivity index (χ4v) is 4.80. The Bertz CT molecular complexity index is 758. The molecule has 1 aliphatic rings. The van der Waals surface area contributed by atoms with Gasteiger partial charge in [-0.25, -0.2) is 9.78 Å². The number of thioether (sulfide) groups is 1. The summed E-state index contributed by atoms with van der Waals surface area (Å²) >= 11 is 2.83. The SMILES string of the molecule is CCc1ccc(C2CCC(=O)N2CCSc2nc(C(=O)O)cs2)cc1. The van der Waals surface area contributed by atoms with E-state index < -0.39 is 5.97 Å². The molecule has 1 atom stereocenters. The number of amides is 1. The van der Waals surface area contributed by atoms with E-state index in [-0.39, 0.29) is 17.6 Å². The number of aromatic carboxylic acids is 1. The topological polar surface area (TPSA) is 70.5 Å². The highest BCUT2D eigenvalue weighted by Gasteiger charge is 2.31. The lowest BCUT2D eigenvalue weighted by Gasteiger charge is -2.25. The summed E-state index contributed by atoms with van der Waals surface area (Å²) in [5.41, 5.74) is 2.57. The van der Waals surface area contributed by atoms with Gasteiger partial charge < -0.3 is 10.0 Å². The molecule has 25 heavy (non-hydrogen) atoms. The minimum Gasteiger partial charge on any atom is -0.476 e. The van der Waals surface area contributed by atoms with Crippen LogP contribution in [0.2, 0.25) is 0 Å². The van der Waals surface area contributed by atoms with Crippen LogP contribution in [0.1, 0.15) is 47.4 Å². The van der Waals surface area contributed by atoms with Crippen LogP contribution in [-0.4, -0.2) is 39.2 Å². The number of hydrogen-bond acceptors (Lipinski definition) is 5. The molecular formula is C18H20N2O3S2. The molecule has 0 bridgehead atoms. The molecule has 1 aromatic carbocycles. The molecule has 0 spiro atoms. The molecule has 2 heterocycles. The van der Waals surface area contributed by atoms with Crippen molar-refractivity contribution in [3.05, 3.63) is 46.5 Å². The van der Waals surface area contributed by atoms with Crippen molar-refractivity contribution in [3.8, 4) is 0 Å². The molecule has 0 aliphatic carbocycles. The molecule has 1 fully saturated rings. The first-order valence-electron chi connectivity index (χ1n) is 8.28. The normalized spacial score (nSPS) is 17.2. The number of benzene rings is 1. The van der Waals surface area contributed by atoms with Crippen molar-refractivity contribution in [2.75, 3.05) is 12.3 Å². The molecule has 1 amide bonds. The van der Waals surface area contributed by atoms with Gasteiger partial charge >= 0.3 is 5.97 Å². The maximum Gasteiger partial charge on any atom is 0.355 e. The first kappa shape index (κ1) is 17.9. The van der Waals surface area contributed by atoms with Crippen molar-refractivity contribution >= 4 is 35.0 Å². The fourth-order valence-electron chi connectivity index (χ4n) is 2.99. The van der Waals surface area contributed by atoms with Gasteiger partial charge in [0.15, 0.2) is 10.0 Å². The summed E-state index contributed by atoms with van der Waals surface area (Å²) in [5, 5.41) is 10.5. The van der Waals surface area contributed by atoms with Gasteiger partial charge in [0, 0.05) is 24.1 Å². The van der Waals surface area contributed by atoms with Gasteiger partial charge in [-0.15, -0.1) is 11.3 Å². The molecule has 3 rings (SSSR count). The maximum absolute atomic E-state index is 12.2. The number of carbonyl (C=O) groups is 2. The third-order valence-corrected chi connectivity index (χ3v) is 6.36. The summed E-state index contributed by atoms with van der Waals surface area (Å²) in [6.45, 7) is 2.78. The van der Waals surface area contributed by atoms with Gasteiger partial charge in [0.2, 0.25) is 5.91 Å². The summed E-state index contributed by atoms with van der Waals surface area (Å²) in [5.74, 6) is -0.106. The smallest absolute Gasteiger partial charge is 0.355 e. The first-order chi connectivity index (χ1) is 12.1. The number of likely N-dealkylation sites (tertiary alicyclic amines) is 1. The van der Waals surface area contributed by atoms with Gasteiger partial charge in [-0.2, -0.15) is 0 Å². The molecule has 132 valence electrons. The van der Waals surface area contributed by atoms with Crippen molar-refractivity contribution in [1.29, 1.82) is 0 Å². The van der Waals surface area contributed by atoms with Gasteiger partial charge in [0.1, 0.15) is 0 Å². The molecule has 0 radical (unpaired) electrons.